The van der Waals surface area contributed by atoms with Gasteiger partial charge in [0.05, 0.1) is 30.7 Å². The van der Waals surface area contributed by atoms with Gasteiger partial charge in [-0.25, -0.2) is 9.48 Å². The van der Waals surface area contributed by atoms with Crippen molar-refractivity contribution < 1.29 is 9.53 Å². The molecule has 0 spiro atoms. The number of rotatable bonds is 6. The highest BCUT2D eigenvalue weighted by atomic mass is 16.5. The Bertz CT molecular complexity index is 834. The van der Waals surface area contributed by atoms with Crippen molar-refractivity contribution in [1.29, 1.82) is 0 Å². The van der Waals surface area contributed by atoms with Crippen LogP contribution in [0.1, 0.15) is 12.6 Å². The molecule has 0 saturated carbocycles. The van der Waals surface area contributed by atoms with Crippen LogP contribution < -0.4 is 15.4 Å². The van der Waals surface area contributed by atoms with E-state index < -0.39 is 0 Å². The molecule has 0 aliphatic carbocycles. The maximum absolute atomic E-state index is 12.1. The van der Waals surface area contributed by atoms with Crippen molar-refractivity contribution in [3.8, 4) is 11.4 Å². The van der Waals surface area contributed by atoms with Gasteiger partial charge in [-0.1, -0.05) is 17.3 Å². The van der Waals surface area contributed by atoms with Gasteiger partial charge < -0.3 is 15.4 Å². The molecule has 3 rings (SSSR count). The van der Waals surface area contributed by atoms with Crippen LogP contribution in [-0.2, 0) is 6.54 Å². The third-order valence-corrected chi connectivity index (χ3v) is 3.33. The number of aromatic nitrogens is 4. The molecule has 0 bridgehead atoms. The van der Waals surface area contributed by atoms with Crippen LogP contribution in [0.5, 0.6) is 5.75 Å². The highest BCUT2D eigenvalue weighted by Crippen LogP contribution is 2.23. The van der Waals surface area contributed by atoms with Crippen molar-refractivity contribution >= 4 is 11.7 Å². The summed E-state index contributed by atoms with van der Waals surface area (Å²) < 4.78 is 7.11. The van der Waals surface area contributed by atoms with E-state index in [4.69, 9.17) is 4.74 Å². The number of hydrogen-bond donors (Lipinski definition) is 2. The molecule has 2 heterocycles. The molecule has 0 fully saturated rings. The third kappa shape index (κ3) is 4.31. The molecule has 8 nitrogen and oxygen atoms in total. The number of amides is 2. The van der Waals surface area contributed by atoms with E-state index in [9.17, 15) is 4.79 Å². The molecule has 2 amide bonds. The number of hydrogen-bond acceptors (Lipinski definition) is 5. The maximum Gasteiger partial charge on any atom is 0.319 e. The summed E-state index contributed by atoms with van der Waals surface area (Å²) in [5.41, 5.74) is 2.11. The molecule has 0 unspecified atom stereocenters. The van der Waals surface area contributed by atoms with E-state index in [1.807, 2.05) is 31.2 Å². The average molecular weight is 338 g/mol. The molecular formula is C17H18N6O2. The van der Waals surface area contributed by atoms with Gasteiger partial charge in [-0.15, -0.1) is 5.10 Å². The number of carbonyl (C=O) groups excluding carboxylic acids is 1. The molecule has 1 aromatic carbocycles. The number of nitrogens with zero attached hydrogens (tertiary/aromatic N) is 4. The lowest BCUT2D eigenvalue weighted by atomic mass is 10.3. The van der Waals surface area contributed by atoms with Crippen molar-refractivity contribution in [1.82, 2.24) is 25.3 Å². The van der Waals surface area contributed by atoms with Crippen molar-refractivity contribution in [2.75, 3.05) is 11.9 Å². The van der Waals surface area contributed by atoms with Crippen LogP contribution in [0.3, 0.4) is 0 Å². The van der Waals surface area contributed by atoms with Crippen molar-refractivity contribution in [3.05, 3.63) is 60.7 Å². The van der Waals surface area contributed by atoms with Gasteiger partial charge in [0.15, 0.2) is 0 Å². The molecule has 0 radical (unpaired) electrons. The minimum Gasteiger partial charge on any atom is -0.492 e. The number of urea groups is 1. The quantitative estimate of drug-likeness (QED) is 0.720. The molecule has 2 N–H and O–H groups in total. The van der Waals surface area contributed by atoms with Crippen LogP contribution in [0.4, 0.5) is 10.5 Å². The highest BCUT2D eigenvalue weighted by molar-refractivity contribution is 5.90. The molecule has 0 aliphatic heterocycles. The summed E-state index contributed by atoms with van der Waals surface area (Å²) >= 11 is 0. The lowest BCUT2D eigenvalue weighted by molar-refractivity contribution is 0.251. The zero-order valence-electron chi connectivity index (χ0n) is 13.7. The minimum atomic E-state index is -0.342. The van der Waals surface area contributed by atoms with E-state index in [0.717, 1.165) is 5.69 Å². The minimum absolute atomic E-state index is 0.258. The Morgan fingerprint density at radius 3 is 2.80 bits per heavy atom. The lowest BCUT2D eigenvalue weighted by Gasteiger charge is -2.11. The Balaban J connectivity index is 1.57. The van der Waals surface area contributed by atoms with E-state index in [1.54, 1.807) is 35.4 Å². The SMILES string of the molecule is CCOc1ccccc1NC(=O)NCc1cn(-c2ccncc2)nn1. The summed E-state index contributed by atoms with van der Waals surface area (Å²) in [7, 11) is 0. The van der Waals surface area contributed by atoms with Crippen LogP contribution in [0.15, 0.2) is 55.0 Å². The van der Waals surface area contributed by atoms with Gasteiger partial charge in [-0.3, -0.25) is 4.98 Å². The van der Waals surface area contributed by atoms with Gasteiger partial charge in [0.2, 0.25) is 0 Å². The molecule has 2 aromatic heterocycles. The zero-order chi connectivity index (χ0) is 17.5. The van der Waals surface area contributed by atoms with Gasteiger partial charge in [0.25, 0.3) is 0 Å². The first kappa shape index (κ1) is 16.4. The van der Waals surface area contributed by atoms with Gasteiger partial charge >= 0.3 is 6.03 Å². The van der Waals surface area contributed by atoms with Gasteiger partial charge in [0.1, 0.15) is 11.4 Å². The normalized spacial score (nSPS) is 10.3. The monoisotopic (exact) mass is 338 g/mol. The molecule has 25 heavy (non-hydrogen) atoms. The number of pyridine rings is 1. The van der Waals surface area contributed by atoms with E-state index >= 15 is 0 Å². The second-order valence-corrected chi connectivity index (χ2v) is 5.10. The first-order valence-corrected chi connectivity index (χ1v) is 7.84. The van der Waals surface area contributed by atoms with E-state index in [-0.39, 0.29) is 12.6 Å². The number of benzene rings is 1. The molecule has 8 heteroatoms. The topological polar surface area (TPSA) is 94.0 Å². The van der Waals surface area contributed by atoms with Gasteiger partial charge in [-0.05, 0) is 31.2 Å². The molecule has 128 valence electrons. The molecule has 0 atom stereocenters. The summed E-state index contributed by atoms with van der Waals surface area (Å²) in [6.45, 7) is 2.68. The Morgan fingerprint density at radius 1 is 1.20 bits per heavy atom. The predicted molar refractivity (Wildman–Crippen MR) is 92.6 cm³/mol. The second kappa shape index (κ2) is 7.91. The number of para-hydroxylation sites is 2. The standard InChI is InChI=1S/C17H18N6O2/c1-2-25-16-6-4-3-5-15(16)20-17(24)19-11-13-12-23(22-21-13)14-7-9-18-10-8-14/h3-10,12H,2,11H2,1H3,(H2,19,20,24). The van der Waals surface area contributed by atoms with Gasteiger partial charge in [0, 0.05) is 12.4 Å². The fraction of sp³-hybridized carbons (Fsp3) is 0.176. The average Bonchev–Trinajstić information content (AvgIpc) is 3.12. The second-order valence-electron chi connectivity index (χ2n) is 5.10. The van der Waals surface area contributed by atoms with Crippen molar-refractivity contribution in [2.24, 2.45) is 0 Å². The molecule has 0 saturated heterocycles. The summed E-state index contributed by atoms with van der Waals surface area (Å²) in [4.78, 5) is 16.0. The third-order valence-electron chi connectivity index (χ3n) is 3.33. The van der Waals surface area contributed by atoms with E-state index in [0.29, 0.717) is 23.7 Å². The summed E-state index contributed by atoms with van der Waals surface area (Å²) in [5.74, 6) is 0.629. The number of carbonyl (C=O) groups is 1. The van der Waals surface area contributed by atoms with Crippen LogP contribution in [0, 0.1) is 0 Å². The lowest BCUT2D eigenvalue weighted by Crippen LogP contribution is -2.28. The van der Waals surface area contributed by atoms with Crippen LogP contribution in [0.2, 0.25) is 0 Å². The maximum atomic E-state index is 12.1. The molecular weight excluding hydrogens is 320 g/mol. The van der Waals surface area contributed by atoms with Crippen LogP contribution in [0.25, 0.3) is 5.69 Å². The van der Waals surface area contributed by atoms with E-state index in [2.05, 4.69) is 25.9 Å². The number of ether oxygens (including phenoxy) is 1. The largest absolute Gasteiger partial charge is 0.492 e. The summed E-state index contributed by atoms with van der Waals surface area (Å²) in [6.07, 6.45) is 5.11. The first-order valence-electron chi connectivity index (χ1n) is 7.84. The van der Waals surface area contributed by atoms with Crippen LogP contribution in [-0.4, -0.2) is 32.6 Å². The van der Waals surface area contributed by atoms with Crippen LogP contribution >= 0.6 is 0 Å². The summed E-state index contributed by atoms with van der Waals surface area (Å²) in [6, 6.07) is 10.6. The van der Waals surface area contributed by atoms with Crippen molar-refractivity contribution in [2.45, 2.75) is 13.5 Å². The molecule has 3 aromatic rings. The zero-order valence-corrected chi connectivity index (χ0v) is 13.7. The predicted octanol–water partition coefficient (Wildman–Crippen LogP) is 2.38. The number of anilines is 1. The Hall–Kier alpha value is -3.42. The highest BCUT2D eigenvalue weighted by Gasteiger charge is 2.08. The first-order chi connectivity index (χ1) is 12.3. The summed E-state index contributed by atoms with van der Waals surface area (Å²) in [5, 5.41) is 13.6. The van der Waals surface area contributed by atoms with Crippen molar-refractivity contribution in [3.63, 3.8) is 0 Å². The Labute approximate surface area is 144 Å². The van der Waals surface area contributed by atoms with E-state index in [1.165, 1.54) is 0 Å². The fourth-order valence-electron chi connectivity index (χ4n) is 2.19. The molecule has 0 aliphatic rings. The fourth-order valence-corrected chi connectivity index (χ4v) is 2.19. The Kier molecular flexibility index (Phi) is 5.20. The number of nitrogens with one attached hydrogen (secondary N) is 2. The van der Waals surface area contributed by atoms with Gasteiger partial charge in [-0.2, -0.15) is 0 Å². The smallest absolute Gasteiger partial charge is 0.319 e. The Morgan fingerprint density at radius 2 is 2.00 bits per heavy atom.